The summed E-state index contributed by atoms with van der Waals surface area (Å²) in [7, 11) is -1.61. The van der Waals surface area contributed by atoms with E-state index >= 15 is 0 Å². The highest BCUT2D eigenvalue weighted by Crippen LogP contribution is 2.29. The number of sulfonamides is 1. The average molecular weight is 395 g/mol. The summed E-state index contributed by atoms with van der Waals surface area (Å²) < 4.78 is 27.9. The molecule has 1 aliphatic rings. The van der Waals surface area contributed by atoms with E-state index < -0.39 is 10.0 Å². The molecule has 7 nitrogen and oxygen atoms in total. The number of hydrogen-bond donors (Lipinski definition) is 1. The van der Waals surface area contributed by atoms with Gasteiger partial charge in [0.1, 0.15) is 5.65 Å². The maximum absolute atomic E-state index is 13.1. The first-order valence-corrected chi connectivity index (χ1v) is 10.6. The van der Waals surface area contributed by atoms with Gasteiger partial charge in [-0.1, -0.05) is 0 Å². The molecule has 3 heterocycles. The van der Waals surface area contributed by atoms with Crippen molar-refractivity contribution in [2.45, 2.75) is 23.8 Å². The fraction of sp³-hybridized carbons (Fsp3) is 0.300. The van der Waals surface area contributed by atoms with E-state index in [1.807, 2.05) is 31.4 Å². The van der Waals surface area contributed by atoms with Gasteiger partial charge in [0, 0.05) is 49.6 Å². The number of nitriles is 1. The lowest BCUT2D eigenvalue weighted by atomic mass is 10.2. The lowest BCUT2D eigenvalue weighted by molar-refractivity contribution is 0.389. The first kappa shape index (κ1) is 18.5. The van der Waals surface area contributed by atoms with Crippen LogP contribution in [0.1, 0.15) is 18.4 Å². The van der Waals surface area contributed by atoms with Crippen molar-refractivity contribution in [2.75, 3.05) is 25.0 Å². The summed E-state index contributed by atoms with van der Waals surface area (Å²) >= 11 is 0. The molecule has 144 valence electrons. The molecule has 0 radical (unpaired) electrons. The van der Waals surface area contributed by atoms with E-state index in [0.29, 0.717) is 18.7 Å². The summed E-state index contributed by atoms with van der Waals surface area (Å²) in [5.41, 5.74) is 2.29. The summed E-state index contributed by atoms with van der Waals surface area (Å²) in [5.74, 6) is 0. The number of benzene rings is 1. The SMILES string of the molecule is CN(C[C@@H]1CCCN1S(=O)(=O)c1ccc(C#N)cc1)c1ccnc2[nH]ccc12. The van der Waals surface area contributed by atoms with E-state index in [0.717, 1.165) is 29.6 Å². The van der Waals surface area contributed by atoms with Gasteiger partial charge >= 0.3 is 0 Å². The molecule has 0 amide bonds. The molecule has 0 spiro atoms. The number of pyridine rings is 1. The van der Waals surface area contributed by atoms with Crippen LogP contribution in [0, 0.1) is 11.3 Å². The molecule has 0 aliphatic carbocycles. The molecule has 0 unspecified atom stereocenters. The van der Waals surface area contributed by atoms with Crippen molar-refractivity contribution >= 4 is 26.7 Å². The number of H-pyrrole nitrogens is 1. The van der Waals surface area contributed by atoms with Gasteiger partial charge in [-0.15, -0.1) is 0 Å². The normalized spacial score (nSPS) is 17.6. The Balaban J connectivity index is 1.58. The van der Waals surface area contributed by atoms with Gasteiger partial charge in [0.15, 0.2) is 0 Å². The van der Waals surface area contributed by atoms with Gasteiger partial charge in [0.2, 0.25) is 10.0 Å². The van der Waals surface area contributed by atoms with Crippen LogP contribution >= 0.6 is 0 Å². The molecule has 8 heteroatoms. The number of aromatic nitrogens is 2. The number of aromatic amines is 1. The van der Waals surface area contributed by atoms with Crippen LogP contribution in [0.25, 0.3) is 11.0 Å². The van der Waals surface area contributed by atoms with Crippen molar-refractivity contribution in [1.29, 1.82) is 5.26 Å². The summed E-state index contributed by atoms with van der Waals surface area (Å²) in [4.78, 5) is 9.74. The Hall–Kier alpha value is -2.89. The predicted octanol–water partition coefficient (Wildman–Crippen LogP) is 2.72. The second-order valence-corrected chi connectivity index (χ2v) is 8.89. The standard InChI is InChI=1S/C20H21N5O2S/c1-24(19-9-11-23-20-18(19)8-10-22-20)14-16-3-2-12-25(16)28(26,27)17-6-4-15(13-21)5-7-17/h4-11,16H,2-3,12,14H2,1H3,(H,22,23)/t16-/m0/s1. The van der Waals surface area contributed by atoms with Crippen LogP contribution in [0.4, 0.5) is 5.69 Å². The Morgan fingerprint density at radius 2 is 2.07 bits per heavy atom. The number of likely N-dealkylation sites (N-methyl/N-ethyl adjacent to an activating group) is 1. The van der Waals surface area contributed by atoms with Crippen LogP contribution in [-0.4, -0.2) is 48.9 Å². The Labute approximate surface area is 164 Å². The quantitative estimate of drug-likeness (QED) is 0.717. The Kier molecular flexibility index (Phi) is 4.79. The molecule has 1 atom stereocenters. The van der Waals surface area contributed by atoms with Crippen LogP contribution in [0.3, 0.4) is 0 Å². The van der Waals surface area contributed by atoms with Crippen LogP contribution in [0.15, 0.2) is 53.7 Å². The van der Waals surface area contributed by atoms with Gasteiger partial charge in [0.05, 0.1) is 16.5 Å². The molecule has 4 rings (SSSR count). The fourth-order valence-electron chi connectivity index (χ4n) is 3.84. The molecule has 1 fully saturated rings. The van der Waals surface area contributed by atoms with Gasteiger partial charge in [-0.05, 0) is 49.2 Å². The third kappa shape index (κ3) is 3.23. The Bertz CT molecular complexity index is 1130. The smallest absolute Gasteiger partial charge is 0.243 e. The number of fused-ring (bicyclic) bond motifs is 1. The van der Waals surface area contributed by atoms with Crippen LogP contribution in [0.2, 0.25) is 0 Å². The lowest BCUT2D eigenvalue weighted by Crippen LogP contribution is -2.42. The average Bonchev–Trinajstić information content (AvgIpc) is 3.37. The minimum Gasteiger partial charge on any atom is -0.372 e. The van der Waals surface area contributed by atoms with E-state index in [4.69, 9.17) is 5.26 Å². The van der Waals surface area contributed by atoms with Crippen LogP contribution in [0.5, 0.6) is 0 Å². The molecule has 1 aromatic carbocycles. The van der Waals surface area contributed by atoms with Crippen molar-refractivity contribution < 1.29 is 8.42 Å². The van der Waals surface area contributed by atoms with Gasteiger partial charge in [-0.3, -0.25) is 0 Å². The van der Waals surface area contributed by atoms with Crippen molar-refractivity contribution in [3.63, 3.8) is 0 Å². The number of nitrogens with zero attached hydrogens (tertiary/aromatic N) is 4. The summed E-state index contributed by atoms with van der Waals surface area (Å²) in [6, 6.07) is 12.0. The van der Waals surface area contributed by atoms with Crippen LogP contribution < -0.4 is 4.90 Å². The van der Waals surface area contributed by atoms with Crippen molar-refractivity contribution in [1.82, 2.24) is 14.3 Å². The van der Waals surface area contributed by atoms with Crippen molar-refractivity contribution in [3.8, 4) is 6.07 Å². The van der Waals surface area contributed by atoms with E-state index in [9.17, 15) is 8.42 Å². The zero-order chi connectivity index (χ0) is 19.7. The summed E-state index contributed by atoms with van der Waals surface area (Å²) in [6.45, 7) is 1.11. The second-order valence-electron chi connectivity index (χ2n) is 7.00. The van der Waals surface area contributed by atoms with E-state index in [-0.39, 0.29) is 10.9 Å². The highest BCUT2D eigenvalue weighted by molar-refractivity contribution is 7.89. The second kappa shape index (κ2) is 7.26. The summed E-state index contributed by atoms with van der Waals surface area (Å²) in [6.07, 6.45) is 5.27. The van der Waals surface area contributed by atoms with Gasteiger partial charge in [-0.2, -0.15) is 9.57 Å². The molecule has 0 saturated carbocycles. The third-order valence-electron chi connectivity index (χ3n) is 5.25. The maximum Gasteiger partial charge on any atom is 0.243 e. The van der Waals surface area contributed by atoms with Crippen molar-refractivity contribution in [3.05, 3.63) is 54.4 Å². The molecule has 3 aromatic rings. The van der Waals surface area contributed by atoms with E-state index in [2.05, 4.69) is 14.9 Å². The zero-order valence-electron chi connectivity index (χ0n) is 15.5. The topological polar surface area (TPSA) is 93.1 Å². The predicted molar refractivity (Wildman–Crippen MR) is 107 cm³/mol. The lowest BCUT2D eigenvalue weighted by Gasteiger charge is -2.29. The van der Waals surface area contributed by atoms with Gasteiger partial charge < -0.3 is 9.88 Å². The maximum atomic E-state index is 13.1. The highest BCUT2D eigenvalue weighted by Gasteiger charge is 2.36. The molecule has 0 bridgehead atoms. The van der Waals surface area contributed by atoms with Crippen molar-refractivity contribution in [2.24, 2.45) is 0 Å². The summed E-state index contributed by atoms with van der Waals surface area (Å²) in [5, 5.41) is 9.95. The molecule has 2 aromatic heterocycles. The van der Waals surface area contributed by atoms with Crippen LogP contribution in [-0.2, 0) is 10.0 Å². The third-order valence-corrected chi connectivity index (χ3v) is 7.21. The largest absolute Gasteiger partial charge is 0.372 e. The van der Waals surface area contributed by atoms with Gasteiger partial charge in [-0.25, -0.2) is 13.4 Å². The first-order valence-electron chi connectivity index (χ1n) is 9.16. The zero-order valence-corrected chi connectivity index (χ0v) is 16.4. The molecule has 1 saturated heterocycles. The molecular formula is C20H21N5O2S. The molecular weight excluding hydrogens is 374 g/mol. The molecule has 28 heavy (non-hydrogen) atoms. The first-order chi connectivity index (χ1) is 13.5. The number of nitrogens with one attached hydrogen (secondary N) is 1. The number of hydrogen-bond acceptors (Lipinski definition) is 5. The fourth-order valence-corrected chi connectivity index (χ4v) is 5.52. The monoisotopic (exact) mass is 395 g/mol. The highest BCUT2D eigenvalue weighted by atomic mass is 32.2. The van der Waals surface area contributed by atoms with E-state index in [1.165, 1.54) is 12.1 Å². The molecule has 1 N–H and O–H groups in total. The Morgan fingerprint density at radius 1 is 1.29 bits per heavy atom. The number of anilines is 1. The minimum atomic E-state index is -3.59. The molecule has 1 aliphatic heterocycles. The number of rotatable bonds is 5. The Morgan fingerprint density at radius 3 is 2.82 bits per heavy atom. The van der Waals surface area contributed by atoms with Gasteiger partial charge in [0.25, 0.3) is 0 Å². The van der Waals surface area contributed by atoms with E-state index in [1.54, 1.807) is 22.6 Å². The minimum absolute atomic E-state index is 0.104.